The zero-order valence-electron chi connectivity index (χ0n) is 13.7. The van der Waals surface area contributed by atoms with Gasteiger partial charge in [-0.25, -0.2) is 0 Å². The molecule has 0 atom stereocenters. The predicted molar refractivity (Wildman–Crippen MR) is 93.2 cm³/mol. The van der Waals surface area contributed by atoms with Gasteiger partial charge in [0.1, 0.15) is 6.54 Å². The summed E-state index contributed by atoms with van der Waals surface area (Å²) in [6, 6.07) is 12.1. The fourth-order valence-corrected chi connectivity index (χ4v) is 2.90. The minimum absolute atomic E-state index is 0.272. The molecular weight excluding hydrogens is 332 g/mol. The normalized spacial score (nSPS) is 13.2. The largest absolute Gasteiger partial charge is 0.350 e. The number of fused-ring (bicyclic) bond motifs is 2. The van der Waals surface area contributed by atoms with Crippen LogP contribution in [0.4, 0.5) is 0 Å². The number of carbonyl (C=O) groups is 3. The van der Waals surface area contributed by atoms with E-state index in [4.69, 9.17) is 0 Å². The maximum atomic E-state index is 12.3. The van der Waals surface area contributed by atoms with Crippen molar-refractivity contribution in [2.24, 2.45) is 0 Å². The topological polar surface area (TPSA) is 92.3 Å². The molecule has 3 amide bonds. The van der Waals surface area contributed by atoms with Crippen molar-refractivity contribution in [3.63, 3.8) is 0 Å². The van der Waals surface area contributed by atoms with E-state index in [9.17, 15) is 14.4 Å². The Hall–Kier alpha value is -3.61. The molecule has 0 fully saturated rings. The van der Waals surface area contributed by atoms with Gasteiger partial charge in [-0.2, -0.15) is 0 Å². The highest BCUT2D eigenvalue weighted by molar-refractivity contribution is 6.22. The van der Waals surface area contributed by atoms with Gasteiger partial charge >= 0.3 is 0 Å². The average Bonchev–Trinajstić information content (AvgIpc) is 2.91. The molecule has 3 aromatic rings. The van der Waals surface area contributed by atoms with Crippen molar-refractivity contribution in [3.8, 4) is 0 Å². The quantitative estimate of drug-likeness (QED) is 0.724. The Kier molecular flexibility index (Phi) is 3.89. The molecule has 0 radical (unpaired) electrons. The Morgan fingerprint density at radius 1 is 0.923 bits per heavy atom. The summed E-state index contributed by atoms with van der Waals surface area (Å²) in [5.41, 5.74) is 3.03. The molecule has 1 N–H and O–H groups in total. The number of benzene rings is 2. The lowest BCUT2D eigenvalue weighted by Crippen LogP contribution is -2.40. The zero-order chi connectivity index (χ0) is 18.1. The Bertz CT molecular complexity index is 1010. The Labute approximate surface area is 148 Å². The van der Waals surface area contributed by atoms with Crippen LogP contribution in [0.2, 0.25) is 0 Å². The number of nitrogens with zero attached hydrogens (tertiary/aromatic N) is 3. The van der Waals surface area contributed by atoms with Crippen LogP contribution in [0.5, 0.6) is 0 Å². The van der Waals surface area contributed by atoms with Crippen LogP contribution in [-0.2, 0) is 11.3 Å². The summed E-state index contributed by atoms with van der Waals surface area (Å²) in [5.74, 6) is -1.29. The van der Waals surface area contributed by atoms with Gasteiger partial charge in [-0.15, -0.1) is 0 Å². The fourth-order valence-electron chi connectivity index (χ4n) is 2.90. The molecule has 26 heavy (non-hydrogen) atoms. The van der Waals surface area contributed by atoms with Crippen LogP contribution >= 0.6 is 0 Å². The first kappa shape index (κ1) is 15.9. The Morgan fingerprint density at radius 3 is 2.27 bits per heavy atom. The van der Waals surface area contributed by atoms with Crippen LogP contribution < -0.4 is 5.32 Å². The van der Waals surface area contributed by atoms with Crippen molar-refractivity contribution in [2.45, 2.75) is 6.54 Å². The molecule has 1 aliphatic rings. The Balaban J connectivity index is 1.41. The van der Waals surface area contributed by atoms with E-state index >= 15 is 0 Å². The SMILES string of the molecule is O=C(CN1C(=O)c2ccccc2C1=O)NCc1ccc2nccnc2c1. The van der Waals surface area contributed by atoms with Gasteiger partial charge < -0.3 is 5.32 Å². The van der Waals surface area contributed by atoms with E-state index in [1.165, 1.54) is 0 Å². The maximum Gasteiger partial charge on any atom is 0.262 e. The van der Waals surface area contributed by atoms with E-state index in [2.05, 4.69) is 15.3 Å². The van der Waals surface area contributed by atoms with Crippen molar-refractivity contribution >= 4 is 28.8 Å². The van der Waals surface area contributed by atoms with Gasteiger partial charge in [-0.1, -0.05) is 18.2 Å². The number of amides is 3. The number of imide groups is 1. The van der Waals surface area contributed by atoms with Gasteiger partial charge in [-0.3, -0.25) is 29.3 Å². The molecule has 128 valence electrons. The highest BCUT2D eigenvalue weighted by Gasteiger charge is 2.36. The third kappa shape index (κ3) is 2.79. The number of nitrogens with one attached hydrogen (secondary N) is 1. The van der Waals surface area contributed by atoms with Crippen molar-refractivity contribution in [2.75, 3.05) is 6.54 Å². The lowest BCUT2D eigenvalue weighted by Gasteiger charge is -2.13. The number of carbonyl (C=O) groups excluding carboxylic acids is 3. The smallest absolute Gasteiger partial charge is 0.262 e. The lowest BCUT2D eigenvalue weighted by molar-refractivity contribution is -0.121. The Morgan fingerprint density at radius 2 is 1.58 bits per heavy atom. The molecule has 0 bridgehead atoms. The van der Waals surface area contributed by atoms with Crippen LogP contribution in [0.25, 0.3) is 11.0 Å². The maximum absolute atomic E-state index is 12.3. The molecule has 1 aromatic heterocycles. The van der Waals surface area contributed by atoms with Crippen LogP contribution in [0.3, 0.4) is 0 Å². The van der Waals surface area contributed by atoms with Gasteiger partial charge in [0.05, 0.1) is 22.2 Å². The number of hydrogen-bond donors (Lipinski definition) is 1. The molecule has 1 aliphatic heterocycles. The van der Waals surface area contributed by atoms with Crippen molar-refractivity contribution < 1.29 is 14.4 Å². The molecule has 0 spiro atoms. The zero-order valence-corrected chi connectivity index (χ0v) is 13.7. The number of aromatic nitrogens is 2. The van der Waals surface area contributed by atoms with Crippen molar-refractivity contribution in [1.29, 1.82) is 0 Å². The third-order valence-corrected chi connectivity index (χ3v) is 4.20. The molecule has 0 saturated carbocycles. The van der Waals surface area contributed by atoms with E-state index < -0.39 is 17.7 Å². The van der Waals surface area contributed by atoms with Crippen LogP contribution in [0, 0.1) is 0 Å². The molecule has 0 unspecified atom stereocenters. The van der Waals surface area contributed by atoms with Gasteiger partial charge in [-0.05, 0) is 29.8 Å². The van der Waals surface area contributed by atoms with Gasteiger partial charge in [0.15, 0.2) is 0 Å². The second-order valence-electron chi connectivity index (χ2n) is 5.90. The molecule has 0 aliphatic carbocycles. The number of rotatable bonds is 4. The summed E-state index contributed by atoms with van der Waals surface area (Å²) >= 11 is 0. The van der Waals surface area contributed by atoms with Gasteiger partial charge in [0.2, 0.25) is 5.91 Å². The second-order valence-corrected chi connectivity index (χ2v) is 5.90. The van der Waals surface area contributed by atoms with E-state index in [-0.39, 0.29) is 13.1 Å². The summed E-state index contributed by atoms with van der Waals surface area (Å²) < 4.78 is 0. The second kappa shape index (κ2) is 6.36. The number of hydrogen-bond acceptors (Lipinski definition) is 5. The highest BCUT2D eigenvalue weighted by atomic mass is 16.2. The molecule has 0 saturated heterocycles. The van der Waals surface area contributed by atoms with E-state index in [1.807, 2.05) is 18.2 Å². The van der Waals surface area contributed by atoms with E-state index in [1.54, 1.807) is 36.7 Å². The van der Waals surface area contributed by atoms with Crippen LogP contribution in [0.1, 0.15) is 26.3 Å². The lowest BCUT2D eigenvalue weighted by atomic mass is 10.1. The standard InChI is InChI=1S/C19H14N4O3/c24-17(11-23-18(25)13-3-1-2-4-14(13)19(23)26)22-10-12-5-6-15-16(9-12)21-8-7-20-15/h1-9H,10-11H2,(H,22,24). The van der Waals surface area contributed by atoms with Crippen LogP contribution in [0.15, 0.2) is 54.9 Å². The molecule has 2 heterocycles. The molecule has 2 aromatic carbocycles. The predicted octanol–water partition coefficient (Wildman–Crippen LogP) is 1.54. The first-order valence-electron chi connectivity index (χ1n) is 8.05. The molecule has 7 nitrogen and oxygen atoms in total. The highest BCUT2D eigenvalue weighted by Crippen LogP contribution is 2.21. The van der Waals surface area contributed by atoms with Gasteiger partial charge in [0, 0.05) is 18.9 Å². The molecule has 7 heteroatoms. The minimum Gasteiger partial charge on any atom is -0.350 e. The minimum atomic E-state index is -0.443. The molecular formula is C19H14N4O3. The average molecular weight is 346 g/mol. The summed E-state index contributed by atoms with van der Waals surface area (Å²) in [6.07, 6.45) is 3.22. The van der Waals surface area contributed by atoms with Crippen molar-refractivity contribution in [3.05, 3.63) is 71.5 Å². The monoisotopic (exact) mass is 346 g/mol. The first-order chi connectivity index (χ1) is 12.6. The summed E-state index contributed by atoms with van der Waals surface area (Å²) in [6.45, 7) is -0.0335. The molecule has 4 rings (SSSR count). The third-order valence-electron chi connectivity index (χ3n) is 4.20. The van der Waals surface area contributed by atoms with E-state index in [0.29, 0.717) is 11.1 Å². The van der Waals surface area contributed by atoms with Crippen LogP contribution in [-0.4, -0.2) is 39.1 Å². The van der Waals surface area contributed by atoms with E-state index in [0.717, 1.165) is 21.5 Å². The fraction of sp³-hybridized carbons (Fsp3) is 0.105. The van der Waals surface area contributed by atoms with Crippen molar-refractivity contribution in [1.82, 2.24) is 20.2 Å². The summed E-state index contributed by atoms with van der Waals surface area (Å²) in [5, 5.41) is 2.73. The summed E-state index contributed by atoms with van der Waals surface area (Å²) in [4.78, 5) is 46.1. The first-order valence-corrected chi connectivity index (χ1v) is 8.05. The summed E-state index contributed by atoms with van der Waals surface area (Å²) in [7, 11) is 0. The van der Waals surface area contributed by atoms with Gasteiger partial charge in [0.25, 0.3) is 11.8 Å².